The van der Waals surface area contributed by atoms with Gasteiger partial charge in [0.1, 0.15) is 6.10 Å². The zero-order valence-corrected chi connectivity index (χ0v) is 14.4. The van der Waals surface area contributed by atoms with Crippen LogP contribution in [-0.4, -0.2) is 12.1 Å². The maximum atomic E-state index is 11.5. The molecule has 0 amide bonds. The fraction of sp³-hybridized carbons (Fsp3) is 0.722. The molecule has 0 bridgehead atoms. The lowest BCUT2D eigenvalue weighted by Crippen LogP contribution is -2.27. The van der Waals surface area contributed by atoms with Gasteiger partial charge in [0.2, 0.25) is 0 Å². The molecule has 2 nitrogen and oxygen atoms in total. The van der Waals surface area contributed by atoms with Crippen LogP contribution < -0.4 is 0 Å². The number of hydrogen-bond donors (Lipinski definition) is 0. The first kappa shape index (κ1) is 15.3. The number of carbonyl (C=O) groups is 1. The predicted molar refractivity (Wildman–Crippen MR) is 88.0 cm³/mol. The van der Waals surface area contributed by atoms with Gasteiger partial charge in [-0.15, -0.1) is 0 Å². The molecule has 2 unspecified atom stereocenters. The standard InChI is InChI=1S/C18H25BrO2/c1-11(8-14-9-12(2)18(20)21-14)15-6-7-16-13(10-19)4-3-5-17(15)16/h10-11,14-17H,2-9H2,1H3/b13-10+/t11-,14+,15-,16?,17?/m1/s1. The van der Waals surface area contributed by atoms with Crippen LogP contribution in [0.4, 0.5) is 0 Å². The van der Waals surface area contributed by atoms with E-state index in [4.69, 9.17) is 4.74 Å². The molecule has 2 aliphatic carbocycles. The lowest BCUT2D eigenvalue weighted by atomic mass is 9.71. The van der Waals surface area contributed by atoms with E-state index >= 15 is 0 Å². The van der Waals surface area contributed by atoms with E-state index in [1.165, 1.54) is 32.1 Å². The van der Waals surface area contributed by atoms with Crippen molar-refractivity contribution in [2.45, 2.75) is 58.0 Å². The van der Waals surface area contributed by atoms with Crippen LogP contribution in [0.1, 0.15) is 51.9 Å². The van der Waals surface area contributed by atoms with Gasteiger partial charge in [-0.2, -0.15) is 0 Å². The third-order valence-electron chi connectivity index (χ3n) is 5.90. The van der Waals surface area contributed by atoms with Crippen LogP contribution in [0.15, 0.2) is 22.7 Å². The number of allylic oxidation sites excluding steroid dienone is 1. The summed E-state index contributed by atoms with van der Waals surface area (Å²) in [6.45, 7) is 6.14. The lowest BCUT2D eigenvalue weighted by molar-refractivity contribution is -0.139. The number of fused-ring (bicyclic) bond motifs is 1. The third-order valence-corrected chi connectivity index (χ3v) is 6.49. The van der Waals surface area contributed by atoms with E-state index < -0.39 is 0 Å². The van der Waals surface area contributed by atoms with Crippen LogP contribution in [0.25, 0.3) is 0 Å². The highest BCUT2D eigenvalue weighted by atomic mass is 79.9. The Bertz CT molecular complexity index is 452. The fourth-order valence-electron chi connectivity index (χ4n) is 4.90. The van der Waals surface area contributed by atoms with E-state index in [0.29, 0.717) is 11.5 Å². The molecule has 116 valence electrons. The van der Waals surface area contributed by atoms with Crippen LogP contribution in [0.2, 0.25) is 0 Å². The average Bonchev–Trinajstić information content (AvgIpc) is 3.02. The molecule has 3 fully saturated rings. The number of halogens is 1. The van der Waals surface area contributed by atoms with Gasteiger partial charge in [-0.1, -0.05) is 35.0 Å². The Hall–Kier alpha value is -0.570. The van der Waals surface area contributed by atoms with Gasteiger partial charge in [0.15, 0.2) is 0 Å². The smallest absolute Gasteiger partial charge is 0.333 e. The molecule has 0 radical (unpaired) electrons. The Morgan fingerprint density at radius 1 is 1.43 bits per heavy atom. The van der Waals surface area contributed by atoms with Crippen LogP contribution >= 0.6 is 15.9 Å². The Kier molecular flexibility index (Phi) is 4.58. The Morgan fingerprint density at radius 2 is 2.24 bits per heavy atom. The van der Waals surface area contributed by atoms with Gasteiger partial charge in [-0.3, -0.25) is 0 Å². The van der Waals surface area contributed by atoms with Crippen LogP contribution in [0.5, 0.6) is 0 Å². The van der Waals surface area contributed by atoms with Gasteiger partial charge in [0.25, 0.3) is 0 Å². The summed E-state index contributed by atoms with van der Waals surface area (Å²) in [4.78, 5) is 13.6. The van der Waals surface area contributed by atoms with E-state index in [1.54, 1.807) is 5.57 Å². The molecule has 1 aliphatic heterocycles. The van der Waals surface area contributed by atoms with Crippen LogP contribution in [-0.2, 0) is 9.53 Å². The minimum Gasteiger partial charge on any atom is -0.459 e. The molecule has 21 heavy (non-hydrogen) atoms. The second-order valence-corrected chi connectivity index (χ2v) is 7.59. The summed E-state index contributed by atoms with van der Waals surface area (Å²) in [5.74, 6) is 2.90. The van der Waals surface area contributed by atoms with Crippen molar-refractivity contribution in [1.29, 1.82) is 0 Å². The minimum atomic E-state index is -0.182. The van der Waals surface area contributed by atoms with E-state index in [0.717, 1.165) is 30.6 Å². The molecule has 2 saturated carbocycles. The van der Waals surface area contributed by atoms with E-state index in [1.807, 2.05) is 0 Å². The highest BCUT2D eigenvalue weighted by molar-refractivity contribution is 9.11. The highest BCUT2D eigenvalue weighted by Crippen LogP contribution is 2.52. The molecule has 0 aromatic rings. The summed E-state index contributed by atoms with van der Waals surface area (Å²) < 4.78 is 5.42. The molecule has 1 saturated heterocycles. The Labute approximate surface area is 136 Å². The molecule has 3 aliphatic rings. The number of cyclic esters (lactones) is 1. The molecule has 0 N–H and O–H groups in total. The van der Waals surface area contributed by atoms with Gasteiger partial charge in [0.05, 0.1) is 0 Å². The average molecular weight is 353 g/mol. The zero-order valence-electron chi connectivity index (χ0n) is 12.8. The molecule has 3 rings (SSSR count). The molecule has 0 aromatic carbocycles. The molecule has 3 heteroatoms. The van der Waals surface area contributed by atoms with Gasteiger partial charge in [-0.25, -0.2) is 4.79 Å². The van der Waals surface area contributed by atoms with Gasteiger partial charge in [0, 0.05) is 12.0 Å². The lowest BCUT2D eigenvalue weighted by Gasteiger charge is -2.34. The Balaban J connectivity index is 1.62. The highest BCUT2D eigenvalue weighted by Gasteiger charge is 2.42. The predicted octanol–water partition coefficient (Wildman–Crippen LogP) is 4.99. The van der Waals surface area contributed by atoms with E-state index in [9.17, 15) is 4.79 Å². The summed E-state index contributed by atoms with van der Waals surface area (Å²) in [6, 6.07) is 0. The summed E-state index contributed by atoms with van der Waals surface area (Å²) in [7, 11) is 0. The van der Waals surface area contributed by atoms with Crippen molar-refractivity contribution in [3.8, 4) is 0 Å². The number of carbonyl (C=O) groups excluding carboxylic acids is 1. The van der Waals surface area contributed by atoms with Gasteiger partial charge in [-0.05, 0) is 67.2 Å². The maximum absolute atomic E-state index is 11.5. The summed E-state index contributed by atoms with van der Waals surface area (Å²) in [5, 5.41) is 0. The summed E-state index contributed by atoms with van der Waals surface area (Å²) in [5.41, 5.74) is 2.28. The molecule has 1 heterocycles. The van der Waals surface area contributed by atoms with Crippen molar-refractivity contribution < 1.29 is 9.53 Å². The zero-order chi connectivity index (χ0) is 15.0. The largest absolute Gasteiger partial charge is 0.459 e. The van der Waals surface area contributed by atoms with Crippen molar-refractivity contribution in [3.63, 3.8) is 0 Å². The molecule has 0 spiro atoms. The molecule has 0 aromatic heterocycles. The summed E-state index contributed by atoms with van der Waals surface area (Å²) >= 11 is 3.56. The second kappa shape index (κ2) is 6.28. The monoisotopic (exact) mass is 352 g/mol. The number of ether oxygens (including phenoxy) is 1. The second-order valence-electron chi connectivity index (χ2n) is 7.14. The quantitative estimate of drug-likeness (QED) is 0.528. The normalized spacial score (nSPS) is 39.4. The maximum Gasteiger partial charge on any atom is 0.333 e. The van der Waals surface area contributed by atoms with Gasteiger partial charge < -0.3 is 4.74 Å². The first-order valence-electron chi connectivity index (χ1n) is 8.28. The third kappa shape index (κ3) is 2.99. The van der Waals surface area contributed by atoms with Crippen molar-refractivity contribution in [2.24, 2.45) is 23.7 Å². The molecule has 5 atom stereocenters. The Morgan fingerprint density at radius 3 is 2.90 bits per heavy atom. The van der Waals surface area contributed by atoms with E-state index in [-0.39, 0.29) is 12.1 Å². The van der Waals surface area contributed by atoms with Gasteiger partial charge >= 0.3 is 5.97 Å². The SMILES string of the molecule is C=C1C[C@H](C[C@@H](C)[C@H]2CCC3/C(=C/Br)CCCC32)OC1=O. The van der Waals surface area contributed by atoms with Crippen molar-refractivity contribution >= 4 is 21.9 Å². The fourth-order valence-corrected chi connectivity index (χ4v) is 5.47. The van der Waals surface area contributed by atoms with Crippen LogP contribution in [0.3, 0.4) is 0 Å². The molecular weight excluding hydrogens is 328 g/mol. The van der Waals surface area contributed by atoms with E-state index in [2.05, 4.69) is 34.4 Å². The van der Waals surface area contributed by atoms with Crippen LogP contribution in [0, 0.1) is 23.7 Å². The number of esters is 1. The van der Waals surface area contributed by atoms with Crippen molar-refractivity contribution in [2.75, 3.05) is 0 Å². The number of hydrogen-bond acceptors (Lipinski definition) is 2. The molecular formula is C18H25BrO2. The summed E-state index contributed by atoms with van der Waals surface area (Å²) in [6.07, 6.45) is 8.47. The first-order valence-corrected chi connectivity index (χ1v) is 9.19. The van der Waals surface area contributed by atoms with Crippen molar-refractivity contribution in [3.05, 3.63) is 22.7 Å². The first-order chi connectivity index (χ1) is 10.1. The van der Waals surface area contributed by atoms with Crippen molar-refractivity contribution in [1.82, 2.24) is 0 Å². The minimum absolute atomic E-state index is 0.0776. The number of rotatable bonds is 3. The topological polar surface area (TPSA) is 26.3 Å².